The normalized spacial score (nSPS) is 29.0. The van der Waals surface area contributed by atoms with Gasteiger partial charge >= 0.3 is 12.1 Å². The van der Waals surface area contributed by atoms with E-state index in [4.69, 9.17) is 9.47 Å². The van der Waals surface area contributed by atoms with Gasteiger partial charge in [-0.3, -0.25) is 4.90 Å². The Kier molecular flexibility index (Phi) is 4.79. The minimum absolute atomic E-state index is 0.128. The maximum Gasteiger partial charge on any atom is 0.411 e. The predicted molar refractivity (Wildman–Crippen MR) is 78.9 cm³/mol. The first kappa shape index (κ1) is 16.1. The molecule has 1 aliphatic heterocycles. The average molecular weight is 297 g/mol. The van der Waals surface area contributed by atoms with E-state index in [0.29, 0.717) is 18.9 Å². The second kappa shape index (κ2) is 6.24. The summed E-state index contributed by atoms with van der Waals surface area (Å²) >= 11 is 0. The summed E-state index contributed by atoms with van der Waals surface area (Å²) in [5.41, 5.74) is -0.553. The number of rotatable bonds is 2. The van der Waals surface area contributed by atoms with E-state index >= 15 is 0 Å². The number of likely N-dealkylation sites (tertiary alicyclic amines) is 1. The van der Waals surface area contributed by atoms with E-state index in [2.05, 4.69) is 0 Å². The molecule has 2 aliphatic rings. The standard InChI is InChI=1S/C16H27NO4/c1-5-20-14(18)13-10-11-8-6-7-9-12(11)17(13)15(19)21-16(2,3)4/h11-13H,5-10H2,1-4H3. The van der Waals surface area contributed by atoms with Crippen molar-refractivity contribution in [2.45, 2.75) is 77.5 Å². The zero-order valence-electron chi connectivity index (χ0n) is 13.6. The van der Waals surface area contributed by atoms with Gasteiger partial charge in [-0.2, -0.15) is 0 Å². The summed E-state index contributed by atoms with van der Waals surface area (Å²) < 4.78 is 10.7. The lowest BCUT2D eigenvalue weighted by atomic mass is 9.85. The van der Waals surface area contributed by atoms with Gasteiger partial charge in [-0.05, 0) is 52.9 Å². The lowest BCUT2D eigenvalue weighted by Gasteiger charge is -2.34. The van der Waals surface area contributed by atoms with Gasteiger partial charge in [-0.1, -0.05) is 12.8 Å². The molecule has 5 nitrogen and oxygen atoms in total. The van der Waals surface area contributed by atoms with Crippen LogP contribution < -0.4 is 0 Å². The van der Waals surface area contributed by atoms with E-state index in [1.54, 1.807) is 11.8 Å². The first-order chi connectivity index (χ1) is 9.83. The Balaban J connectivity index is 2.18. The summed E-state index contributed by atoms with van der Waals surface area (Å²) in [6, 6.07) is -0.351. The molecule has 0 bridgehead atoms. The van der Waals surface area contributed by atoms with Crippen LogP contribution in [0.3, 0.4) is 0 Å². The van der Waals surface area contributed by atoms with Crippen molar-refractivity contribution in [3.05, 3.63) is 0 Å². The van der Waals surface area contributed by atoms with Crippen LogP contribution in [0.25, 0.3) is 0 Å². The van der Waals surface area contributed by atoms with Crippen LogP contribution in [0.15, 0.2) is 0 Å². The summed E-state index contributed by atoms with van der Waals surface area (Å²) in [4.78, 5) is 26.4. The molecule has 3 unspecified atom stereocenters. The number of hydrogen-bond donors (Lipinski definition) is 0. The van der Waals surface area contributed by atoms with Crippen molar-refractivity contribution in [1.82, 2.24) is 4.90 Å². The number of carbonyl (C=O) groups is 2. The molecular weight excluding hydrogens is 270 g/mol. The molecule has 0 aromatic rings. The van der Waals surface area contributed by atoms with Crippen LogP contribution in [-0.4, -0.2) is 41.3 Å². The van der Waals surface area contributed by atoms with E-state index in [1.165, 1.54) is 6.42 Å². The Bertz CT molecular complexity index is 402. The highest BCUT2D eigenvalue weighted by atomic mass is 16.6. The van der Waals surface area contributed by atoms with Crippen molar-refractivity contribution >= 4 is 12.1 Å². The number of esters is 1. The predicted octanol–water partition coefficient (Wildman–Crippen LogP) is 3.12. The molecule has 1 heterocycles. The van der Waals surface area contributed by atoms with Crippen molar-refractivity contribution < 1.29 is 19.1 Å². The Hall–Kier alpha value is -1.26. The molecule has 2 rings (SSSR count). The monoisotopic (exact) mass is 297 g/mol. The third-order valence-corrected chi connectivity index (χ3v) is 4.25. The molecule has 5 heteroatoms. The second-order valence-electron chi connectivity index (χ2n) is 7.00. The average Bonchev–Trinajstić information content (AvgIpc) is 2.76. The maximum atomic E-state index is 12.5. The van der Waals surface area contributed by atoms with E-state index < -0.39 is 11.6 Å². The largest absolute Gasteiger partial charge is 0.464 e. The Morgan fingerprint density at radius 2 is 1.86 bits per heavy atom. The van der Waals surface area contributed by atoms with Crippen LogP contribution in [0.4, 0.5) is 4.79 Å². The fourth-order valence-electron chi connectivity index (χ4n) is 3.49. The zero-order valence-corrected chi connectivity index (χ0v) is 13.6. The van der Waals surface area contributed by atoms with E-state index in [-0.39, 0.29) is 18.1 Å². The van der Waals surface area contributed by atoms with Gasteiger partial charge in [0.1, 0.15) is 11.6 Å². The van der Waals surface area contributed by atoms with Gasteiger partial charge in [0, 0.05) is 6.04 Å². The zero-order chi connectivity index (χ0) is 15.6. The molecule has 0 aromatic heterocycles. The highest BCUT2D eigenvalue weighted by molar-refractivity contribution is 5.82. The molecular formula is C16H27NO4. The first-order valence-electron chi connectivity index (χ1n) is 8.01. The third-order valence-electron chi connectivity index (χ3n) is 4.25. The van der Waals surface area contributed by atoms with Crippen molar-refractivity contribution in [3.63, 3.8) is 0 Å². The van der Waals surface area contributed by atoms with Crippen molar-refractivity contribution in [1.29, 1.82) is 0 Å². The number of fused-ring (bicyclic) bond motifs is 1. The maximum absolute atomic E-state index is 12.5. The fraction of sp³-hybridized carbons (Fsp3) is 0.875. The van der Waals surface area contributed by atoms with Gasteiger partial charge in [0.2, 0.25) is 0 Å². The highest BCUT2D eigenvalue weighted by Crippen LogP contribution is 2.40. The number of carbonyl (C=O) groups excluding carboxylic acids is 2. The molecule has 1 aliphatic carbocycles. The Labute approximate surface area is 127 Å². The molecule has 3 atom stereocenters. The first-order valence-corrected chi connectivity index (χ1v) is 8.01. The van der Waals surface area contributed by atoms with E-state index in [9.17, 15) is 9.59 Å². The Morgan fingerprint density at radius 1 is 1.19 bits per heavy atom. The van der Waals surface area contributed by atoms with Crippen LogP contribution >= 0.6 is 0 Å². The van der Waals surface area contributed by atoms with Gasteiger partial charge in [0.05, 0.1) is 6.61 Å². The minimum atomic E-state index is -0.553. The van der Waals surface area contributed by atoms with Gasteiger partial charge in [0.15, 0.2) is 0 Å². The molecule has 21 heavy (non-hydrogen) atoms. The number of hydrogen-bond acceptors (Lipinski definition) is 4. The molecule has 0 N–H and O–H groups in total. The van der Waals surface area contributed by atoms with E-state index in [0.717, 1.165) is 19.3 Å². The topological polar surface area (TPSA) is 55.8 Å². The van der Waals surface area contributed by atoms with Crippen molar-refractivity contribution in [2.24, 2.45) is 5.92 Å². The van der Waals surface area contributed by atoms with Gasteiger partial charge in [-0.15, -0.1) is 0 Å². The molecule has 2 fully saturated rings. The van der Waals surface area contributed by atoms with Crippen molar-refractivity contribution in [2.75, 3.05) is 6.61 Å². The minimum Gasteiger partial charge on any atom is -0.464 e. The summed E-state index contributed by atoms with van der Waals surface area (Å²) in [6.45, 7) is 7.67. The lowest BCUT2D eigenvalue weighted by molar-refractivity contribution is -0.148. The van der Waals surface area contributed by atoms with Crippen LogP contribution in [0.1, 0.15) is 59.8 Å². The quantitative estimate of drug-likeness (QED) is 0.735. The summed E-state index contributed by atoms with van der Waals surface area (Å²) in [7, 11) is 0. The summed E-state index contributed by atoms with van der Waals surface area (Å²) in [5, 5.41) is 0. The van der Waals surface area contributed by atoms with Crippen molar-refractivity contribution in [3.8, 4) is 0 Å². The van der Waals surface area contributed by atoms with E-state index in [1.807, 2.05) is 20.8 Å². The van der Waals surface area contributed by atoms with Gasteiger partial charge in [-0.25, -0.2) is 9.59 Å². The smallest absolute Gasteiger partial charge is 0.411 e. The lowest BCUT2D eigenvalue weighted by Crippen LogP contribution is -2.48. The summed E-state index contributed by atoms with van der Waals surface area (Å²) in [5.74, 6) is 0.110. The number of ether oxygens (including phenoxy) is 2. The number of amides is 1. The second-order valence-corrected chi connectivity index (χ2v) is 7.00. The van der Waals surface area contributed by atoms with Gasteiger partial charge in [0.25, 0.3) is 0 Å². The molecule has 0 aromatic carbocycles. The van der Waals surface area contributed by atoms with Crippen LogP contribution in [0.5, 0.6) is 0 Å². The SMILES string of the molecule is CCOC(=O)C1CC2CCCCC2N1C(=O)OC(C)(C)C. The number of nitrogens with zero attached hydrogens (tertiary/aromatic N) is 1. The molecule has 1 saturated carbocycles. The Morgan fingerprint density at radius 3 is 2.48 bits per heavy atom. The van der Waals surface area contributed by atoms with Gasteiger partial charge < -0.3 is 9.47 Å². The third kappa shape index (κ3) is 3.69. The molecule has 0 spiro atoms. The molecule has 1 amide bonds. The highest BCUT2D eigenvalue weighted by Gasteiger charge is 2.49. The molecule has 120 valence electrons. The fourth-order valence-corrected chi connectivity index (χ4v) is 3.49. The molecule has 1 saturated heterocycles. The van der Waals surface area contributed by atoms with Crippen LogP contribution in [0, 0.1) is 5.92 Å². The summed E-state index contributed by atoms with van der Waals surface area (Å²) in [6.07, 6.45) is 4.66. The van der Waals surface area contributed by atoms with Crippen LogP contribution in [-0.2, 0) is 14.3 Å². The molecule has 0 radical (unpaired) electrons. The van der Waals surface area contributed by atoms with Crippen LogP contribution in [0.2, 0.25) is 0 Å².